The molecule has 0 amide bonds. The third-order valence-corrected chi connectivity index (χ3v) is 2.58. The predicted molar refractivity (Wildman–Crippen MR) is 67.4 cm³/mol. The molecule has 2 rings (SSSR count). The fraction of sp³-hybridized carbons (Fsp3) is 0.231. The molecule has 0 atom stereocenters. The highest BCUT2D eigenvalue weighted by atomic mass is 16.4. The first-order valence-electron chi connectivity index (χ1n) is 5.55. The highest BCUT2D eigenvalue weighted by Gasteiger charge is 2.09. The highest BCUT2D eigenvalue weighted by molar-refractivity contribution is 5.89. The molecule has 0 bridgehead atoms. The molecule has 1 aromatic carbocycles. The van der Waals surface area contributed by atoms with Crippen LogP contribution in [0.5, 0.6) is 0 Å². The summed E-state index contributed by atoms with van der Waals surface area (Å²) in [5.74, 6) is -0.756. The van der Waals surface area contributed by atoms with Gasteiger partial charge in [-0.25, -0.2) is 0 Å². The van der Waals surface area contributed by atoms with E-state index in [9.17, 15) is 4.79 Å². The quantitative estimate of drug-likeness (QED) is 0.863. The second-order valence-corrected chi connectivity index (χ2v) is 3.83. The molecule has 0 radical (unpaired) electrons. The van der Waals surface area contributed by atoms with Crippen molar-refractivity contribution >= 4 is 17.9 Å². The third kappa shape index (κ3) is 2.93. The number of nitrogens with zero attached hydrogens (tertiary/aromatic N) is 2. The minimum atomic E-state index is -0.756. The lowest BCUT2D eigenvalue weighted by atomic mass is 10.1. The van der Waals surface area contributed by atoms with Crippen molar-refractivity contribution in [3.05, 3.63) is 42.2 Å². The fourth-order valence-corrected chi connectivity index (χ4v) is 1.78. The Kier molecular flexibility index (Phi) is 3.55. The van der Waals surface area contributed by atoms with Crippen molar-refractivity contribution in [2.24, 2.45) is 4.99 Å². The van der Waals surface area contributed by atoms with E-state index in [4.69, 9.17) is 5.11 Å². The van der Waals surface area contributed by atoms with Gasteiger partial charge in [-0.15, -0.1) is 0 Å². The molecule has 88 valence electrons. The molecule has 0 fully saturated rings. The molecule has 0 aliphatic carbocycles. The zero-order valence-electron chi connectivity index (χ0n) is 9.41. The first-order valence-corrected chi connectivity index (χ1v) is 5.55. The Bertz CT molecular complexity index is 466. The highest BCUT2D eigenvalue weighted by Crippen LogP contribution is 2.21. The van der Waals surface area contributed by atoms with Crippen molar-refractivity contribution in [3.8, 4) is 0 Å². The monoisotopic (exact) mass is 230 g/mol. The molecule has 1 heterocycles. The van der Waals surface area contributed by atoms with Gasteiger partial charge >= 0.3 is 5.97 Å². The molecule has 4 nitrogen and oxygen atoms in total. The molecule has 0 spiro atoms. The van der Waals surface area contributed by atoms with Crippen LogP contribution in [0.4, 0.5) is 5.69 Å². The molecule has 4 heteroatoms. The molecule has 1 aromatic rings. The molecule has 0 aromatic heterocycles. The van der Waals surface area contributed by atoms with Crippen LogP contribution >= 0.6 is 0 Å². The van der Waals surface area contributed by atoms with Gasteiger partial charge in [0.1, 0.15) is 0 Å². The Morgan fingerprint density at radius 2 is 2.18 bits per heavy atom. The van der Waals surface area contributed by atoms with E-state index in [1.54, 1.807) is 6.20 Å². The largest absolute Gasteiger partial charge is 0.481 e. The van der Waals surface area contributed by atoms with Crippen molar-refractivity contribution < 1.29 is 9.90 Å². The summed E-state index contributed by atoms with van der Waals surface area (Å²) in [7, 11) is 0. The van der Waals surface area contributed by atoms with Crippen LogP contribution in [0.25, 0.3) is 0 Å². The van der Waals surface area contributed by atoms with Crippen LogP contribution < -0.4 is 4.90 Å². The number of carboxylic acid groups (broad SMARTS) is 1. The SMILES string of the molecule is O=C(O)CCCN1C=CN=Cc2ccccc21. The average Bonchev–Trinajstić information content (AvgIpc) is 2.52. The van der Waals surface area contributed by atoms with Gasteiger partial charge in [-0.2, -0.15) is 0 Å². The number of para-hydroxylation sites is 1. The predicted octanol–water partition coefficient (Wildman–Crippen LogP) is 2.26. The lowest BCUT2D eigenvalue weighted by Crippen LogP contribution is -2.19. The van der Waals surface area contributed by atoms with Crippen molar-refractivity contribution in [3.63, 3.8) is 0 Å². The Morgan fingerprint density at radius 3 is 3.00 bits per heavy atom. The van der Waals surface area contributed by atoms with E-state index in [1.165, 1.54) is 0 Å². The molecular formula is C13H14N2O2. The molecule has 1 aliphatic heterocycles. The van der Waals surface area contributed by atoms with Gasteiger partial charge in [0.2, 0.25) is 0 Å². The maximum Gasteiger partial charge on any atom is 0.303 e. The zero-order chi connectivity index (χ0) is 12.1. The van der Waals surface area contributed by atoms with Gasteiger partial charge in [0.15, 0.2) is 0 Å². The van der Waals surface area contributed by atoms with Crippen LogP contribution in [0.2, 0.25) is 0 Å². The van der Waals surface area contributed by atoms with E-state index in [0.29, 0.717) is 13.0 Å². The molecule has 1 N–H and O–H groups in total. The average molecular weight is 230 g/mol. The summed E-state index contributed by atoms with van der Waals surface area (Å²) in [6.45, 7) is 0.684. The number of hydrogen-bond acceptors (Lipinski definition) is 3. The number of aliphatic carboxylic acids is 1. The lowest BCUT2D eigenvalue weighted by Gasteiger charge is -2.20. The van der Waals surface area contributed by atoms with E-state index in [1.807, 2.05) is 41.6 Å². The minimum Gasteiger partial charge on any atom is -0.481 e. The lowest BCUT2D eigenvalue weighted by molar-refractivity contribution is -0.137. The number of rotatable bonds is 4. The number of benzene rings is 1. The number of aliphatic imine (C=N–C) groups is 1. The molecule has 0 unspecified atom stereocenters. The Hall–Kier alpha value is -2.10. The Labute approximate surface area is 99.9 Å². The first kappa shape index (κ1) is 11.4. The second kappa shape index (κ2) is 5.30. The number of carboxylic acids is 1. The van der Waals surface area contributed by atoms with E-state index in [2.05, 4.69) is 4.99 Å². The van der Waals surface area contributed by atoms with Gasteiger partial charge in [0.05, 0.1) is 0 Å². The van der Waals surface area contributed by atoms with E-state index >= 15 is 0 Å². The van der Waals surface area contributed by atoms with Crippen molar-refractivity contribution in [2.75, 3.05) is 11.4 Å². The van der Waals surface area contributed by atoms with E-state index in [-0.39, 0.29) is 6.42 Å². The number of hydrogen-bond donors (Lipinski definition) is 1. The summed E-state index contributed by atoms with van der Waals surface area (Å²) in [5, 5.41) is 8.63. The Balaban J connectivity index is 2.11. The second-order valence-electron chi connectivity index (χ2n) is 3.83. The van der Waals surface area contributed by atoms with Gasteiger partial charge in [-0.1, -0.05) is 18.2 Å². The molecule has 17 heavy (non-hydrogen) atoms. The van der Waals surface area contributed by atoms with Gasteiger partial charge in [-0.05, 0) is 12.5 Å². The summed E-state index contributed by atoms with van der Waals surface area (Å²) >= 11 is 0. The van der Waals surface area contributed by atoms with E-state index < -0.39 is 5.97 Å². The smallest absolute Gasteiger partial charge is 0.303 e. The maximum absolute atomic E-state index is 10.5. The normalized spacial score (nSPS) is 13.3. The van der Waals surface area contributed by atoms with Crippen molar-refractivity contribution in [2.45, 2.75) is 12.8 Å². The Morgan fingerprint density at radius 1 is 1.35 bits per heavy atom. The van der Waals surface area contributed by atoms with Crippen molar-refractivity contribution in [1.82, 2.24) is 0 Å². The van der Waals surface area contributed by atoms with Crippen LogP contribution in [0.3, 0.4) is 0 Å². The number of fused-ring (bicyclic) bond motifs is 1. The summed E-state index contributed by atoms with van der Waals surface area (Å²) in [4.78, 5) is 16.7. The van der Waals surface area contributed by atoms with Crippen LogP contribution in [-0.2, 0) is 4.79 Å². The van der Waals surface area contributed by atoms with Crippen molar-refractivity contribution in [1.29, 1.82) is 0 Å². The standard InChI is InChI=1S/C13H14N2O2/c16-13(17)6-3-8-15-9-7-14-10-11-4-1-2-5-12(11)15/h1-2,4-5,7,9-10H,3,6,8H2,(H,16,17). The van der Waals surface area contributed by atoms with Gasteiger partial charge in [-0.3, -0.25) is 9.79 Å². The van der Waals surface area contributed by atoms with Crippen LogP contribution in [0.1, 0.15) is 18.4 Å². The van der Waals surface area contributed by atoms with Crippen LogP contribution in [0.15, 0.2) is 41.7 Å². The summed E-state index contributed by atoms with van der Waals surface area (Å²) in [5.41, 5.74) is 2.11. The first-order chi connectivity index (χ1) is 8.27. The minimum absolute atomic E-state index is 0.188. The van der Waals surface area contributed by atoms with Crippen LogP contribution in [0, 0.1) is 0 Å². The van der Waals surface area contributed by atoms with Gasteiger partial charge in [0.25, 0.3) is 0 Å². The van der Waals surface area contributed by atoms with Crippen LogP contribution in [-0.4, -0.2) is 23.8 Å². The maximum atomic E-state index is 10.5. The van der Waals surface area contributed by atoms with Gasteiger partial charge in [0, 0.05) is 42.8 Å². The summed E-state index contributed by atoms with van der Waals surface area (Å²) in [6.07, 6.45) is 6.22. The topological polar surface area (TPSA) is 52.9 Å². The zero-order valence-corrected chi connectivity index (χ0v) is 9.41. The number of carbonyl (C=O) groups is 1. The fourth-order valence-electron chi connectivity index (χ4n) is 1.78. The van der Waals surface area contributed by atoms with E-state index in [0.717, 1.165) is 11.3 Å². The third-order valence-electron chi connectivity index (χ3n) is 2.58. The molecular weight excluding hydrogens is 216 g/mol. The molecule has 1 aliphatic rings. The summed E-state index contributed by atoms with van der Waals surface area (Å²) in [6, 6.07) is 7.94. The number of anilines is 1. The summed E-state index contributed by atoms with van der Waals surface area (Å²) < 4.78 is 0. The van der Waals surface area contributed by atoms with Gasteiger partial charge < -0.3 is 10.0 Å². The molecule has 0 saturated heterocycles. The molecule has 0 saturated carbocycles.